The van der Waals surface area contributed by atoms with Gasteiger partial charge in [-0.15, -0.1) is 0 Å². The summed E-state index contributed by atoms with van der Waals surface area (Å²) >= 11 is 6.14. The van der Waals surface area contributed by atoms with Crippen molar-refractivity contribution in [1.82, 2.24) is 0 Å². The minimum atomic E-state index is -0.424. The van der Waals surface area contributed by atoms with Gasteiger partial charge in [0.25, 0.3) is 5.69 Å². The molecule has 1 aromatic rings. The molecule has 1 unspecified atom stereocenters. The third-order valence-electron chi connectivity index (χ3n) is 3.92. The second-order valence-electron chi connectivity index (χ2n) is 5.50. The first-order valence-corrected chi connectivity index (χ1v) is 7.82. The van der Waals surface area contributed by atoms with Crippen molar-refractivity contribution >= 4 is 23.3 Å². The van der Waals surface area contributed by atoms with Gasteiger partial charge in [-0.1, -0.05) is 11.6 Å². The van der Waals surface area contributed by atoms with Gasteiger partial charge in [0, 0.05) is 22.7 Å². The minimum Gasteiger partial charge on any atom is -0.466 e. The van der Waals surface area contributed by atoms with Crippen molar-refractivity contribution in [2.24, 2.45) is 5.92 Å². The van der Waals surface area contributed by atoms with Gasteiger partial charge in [0.15, 0.2) is 0 Å². The van der Waals surface area contributed by atoms with E-state index in [2.05, 4.69) is 0 Å². The molecule has 1 aliphatic heterocycles. The van der Waals surface area contributed by atoms with Crippen LogP contribution in [0.5, 0.6) is 0 Å². The number of nitro benzene ring substituents is 1. The van der Waals surface area contributed by atoms with Gasteiger partial charge in [0.1, 0.15) is 12.5 Å². The maximum atomic E-state index is 11.9. The van der Waals surface area contributed by atoms with E-state index >= 15 is 0 Å². The molecule has 1 aliphatic rings. The number of carbonyl (C=O) groups is 1. The third-order valence-corrected chi connectivity index (χ3v) is 4.29. The molecule has 0 spiro atoms. The lowest BCUT2D eigenvalue weighted by Crippen LogP contribution is -3.12. The molecule has 1 saturated heterocycles. The number of non-ortho nitro benzene ring substituents is 1. The highest BCUT2D eigenvalue weighted by Gasteiger charge is 2.30. The summed E-state index contributed by atoms with van der Waals surface area (Å²) in [5, 5.41) is 11.4. The molecule has 120 valence electrons. The van der Waals surface area contributed by atoms with Crippen LogP contribution in [-0.2, 0) is 16.1 Å². The first kappa shape index (κ1) is 16.7. The fourth-order valence-corrected chi connectivity index (χ4v) is 3.04. The van der Waals surface area contributed by atoms with Crippen LogP contribution < -0.4 is 4.90 Å². The van der Waals surface area contributed by atoms with Crippen molar-refractivity contribution in [3.8, 4) is 0 Å². The van der Waals surface area contributed by atoms with E-state index in [-0.39, 0.29) is 17.6 Å². The Kier molecular flexibility index (Phi) is 5.74. The average molecular weight is 328 g/mol. The Labute approximate surface area is 134 Å². The van der Waals surface area contributed by atoms with Gasteiger partial charge in [-0.3, -0.25) is 14.9 Å². The smallest absolute Gasteiger partial charge is 0.314 e. The average Bonchev–Trinajstić information content (AvgIpc) is 2.50. The standard InChI is InChI=1S/C15H19ClN2O4/c1-2-22-15(19)11-4-3-7-17(9-11)10-12-8-13(18(20)21)5-6-14(12)16/h5-6,8,11H,2-4,7,9-10H2,1H3/p+1/t11-/m1/s1. The number of likely N-dealkylation sites (tertiary alicyclic amines) is 1. The maximum absolute atomic E-state index is 11.9. The second-order valence-corrected chi connectivity index (χ2v) is 5.91. The van der Waals surface area contributed by atoms with Crippen molar-refractivity contribution in [3.63, 3.8) is 0 Å². The lowest BCUT2D eigenvalue weighted by molar-refractivity contribution is -0.921. The molecule has 2 rings (SSSR count). The number of nitrogens with zero attached hydrogens (tertiary/aromatic N) is 1. The monoisotopic (exact) mass is 327 g/mol. The fourth-order valence-electron chi connectivity index (χ4n) is 2.85. The largest absolute Gasteiger partial charge is 0.466 e. The molecule has 0 amide bonds. The van der Waals surface area contributed by atoms with Crippen LogP contribution in [0.25, 0.3) is 0 Å². The second kappa shape index (κ2) is 7.56. The lowest BCUT2D eigenvalue weighted by Gasteiger charge is -2.28. The van der Waals surface area contributed by atoms with Crippen LogP contribution in [0.4, 0.5) is 5.69 Å². The molecule has 1 N–H and O–H groups in total. The predicted octanol–water partition coefficient (Wildman–Crippen LogP) is 1.61. The van der Waals surface area contributed by atoms with E-state index < -0.39 is 4.92 Å². The van der Waals surface area contributed by atoms with Crippen LogP contribution in [0.15, 0.2) is 18.2 Å². The molecule has 2 atom stereocenters. The van der Waals surface area contributed by atoms with Gasteiger partial charge in [-0.2, -0.15) is 0 Å². The number of piperidine rings is 1. The number of carbonyl (C=O) groups excluding carboxylic acids is 1. The molecule has 0 bridgehead atoms. The summed E-state index contributed by atoms with van der Waals surface area (Å²) in [6, 6.07) is 4.48. The summed E-state index contributed by atoms with van der Waals surface area (Å²) in [5.41, 5.74) is 0.785. The summed E-state index contributed by atoms with van der Waals surface area (Å²) in [4.78, 5) is 23.5. The number of nitrogens with one attached hydrogen (secondary N) is 1. The molecular weight excluding hydrogens is 308 g/mol. The zero-order chi connectivity index (χ0) is 16.1. The predicted molar refractivity (Wildman–Crippen MR) is 81.9 cm³/mol. The number of esters is 1. The quantitative estimate of drug-likeness (QED) is 0.506. The highest BCUT2D eigenvalue weighted by atomic mass is 35.5. The lowest BCUT2D eigenvalue weighted by atomic mass is 9.97. The zero-order valence-corrected chi connectivity index (χ0v) is 13.3. The molecule has 1 heterocycles. The summed E-state index contributed by atoms with van der Waals surface area (Å²) in [7, 11) is 0. The number of rotatable bonds is 5. The Balaban J connectivity index is 2.05. The molecule has 7 heteroatoms. The highest BCUT2D eigenvalue weighted by Crippen LogP contribution is 2.21. The van der Waals surface area contributed by atoms with Gasteiger partial charge < -0.3 is 9.64 Å². The number of benzene rings is 1. The number of hydrogen-bond donors (Lipinski definition) is 1. The molecule has 0 aliphatic carbocycles. The van der Waals surface area contributed by atoms with Crippen molar-refractivity contribution in [3.05, 3.63) is 38.9 Å². The van der Waals surface area contributed by atoms with Crippen LogP contribution in [0.3, 0.4) is 0 Å². The number of quaternary nitrogens is 1. The summed E-state index contributed by atoms with van der Waals surface area (Å²) < 4.78 is 5.09. The summed E-state index contributed by atoms with van der Waals surface area (Å²) in [5.74, 6) is -0.244. The molecule has 0 aromatic heterocycles. The maximum Gasteiger partial charge on any atom is 0.314 e. The minimum absolute atomic E-state index is 0.0396. The number of hydrogen-bond acceptors (Lipinski definition) is 4. The normalized spacial score (nSPS) is 21.4. The Morgan fingerprint density at radius 1 is 1.55 bits per heavy atom. The molecule has 1 aromatic carbocycles. The van der Waals surface area contributed by atoms with E-state index in [9.17, 15) is 14.9 Å². The SMILES string of the molecule is CCOC(=O)[C@@H]1CCC[NH+](Cc2cc([N+](=O)[O-])ccc2Cl)C1. The Bertz CT molecular complexity index is 564. The van der Waals surface area contributed by atoms with Crippen LogP contribution >= 0.6 is 11.6 Å². The van der Waals surface area contributed by atoms with Crippen LogP contribution in [0.1, 0.15) is 25.3 Å². The Morgan fingerprint density at radius 3 is 3.00 bits per heavy atom. The molecule has 1 fully saturated rings. The third kappa shape index (κ3) is 4.18. The molecule has 0 saturated carbocycles. The van der Waals surface area contributed by atoms with E-state index in [1.165, 1.54) is 17.0 Å². The van der Waals surface area contributed by atoms with Crippen LogP contribution in [0, 0.1) is 16.0 Å². The van der Waals surface area contributed by atoms with Gasteiger partial charge >= 0.3 is 5.97 Å². The molecule has 0 radical (unpaired) electrons. The molecule has 22 heavy (non-hydrogen) atoms. The van der Waals surface area contributed by atoms with Crippen molar-refractivity contribution in [1.29, 1.82) is 0 Å². The van der Waals surface area contributed by atoms with Gasteiger partial charge in [0.05, 0.1) is 24.6 Å². The van der Waals surface area contributed by atoms with E-state index in [1.54, 1.807) is 13.0 Å². The fraction of sp³-hybridized carbons (Fsp3) is 0.533. The van der Waals surface area contributed by atoms with Gasteiger partial charge in [0.2, 0.25) is 0 Å². The molecular formula is C15H20ClN2O4+. The summed E-state index contributed by atoms with van der Waals surface area (Å²) in [6.07, 6.45) is 1.77. The highest BCUT2D eigenvalue weighted by molar-refractivity contribution is 6.31. The number of ether oxygens (including phenoxy) is 1. The Hall–Kier alpha value is -1.66. The van der Waals surface area contributed by atoms with Crippen LogP contribution in [0.2, 0.25) is 5.02 Å². The van der Waals surface area contributed by atoms with Crippen molar-refractivity contribution in [2.75, 3.05) is 19.7 Å². The Morgan fingerprint density at radius 2 is 2.32 bits per heavy atom. The first-order valence-electron chi connectivity index (χ1n) is 7.44. The van der Waals surface area contributed by atoms with Gasteiger partial charge in [-0.25, -0.2) is 0 Å². The number of nitro groups is 1. The van der Waals surface area contributed by atoms with Crippen molar-refractivity contribution < 1.29 is 19.4 Å². The first-order chi connectivity index (χ1) is 10.5. The van der Waals surface area contributed by atoms with E-state index in [4.69, 9.17) is 16.3 Å². The van der Waals surface area contributed by atoms with Gasteiger partial charge in [-0.05, 0) is 25.8 Å². The van der Waals surface area contributed by atoms with E-state index in [1.807, 2.05) is 0 Å². The van der Waals surface area contributed by atoms with E-state index in [0.717, 1.165) is 24.9 Å². The van der Waals surface area contributed by atoms with Crippen LogP contribution in [-0.4, -0.2) is 30.6 Å². The topological polar surface area (TPSA) is 73.9 Å². The number of halogens is 1. The summed E-state index contributed by atoms with van der Waals surface area (Å²) in [6.45, 7) is 4.37. The zero-order valence-electron chi connectivity index (χ0n) is 12.5. The van der Waals surface area contributed by atoms with Crippen molar-refractivity contribution in [2.45, 2.75) is 26.3 Å². The molecule has 6 nitrogen and oxygen atoms in total. The van der Waals surface area contributed by atoms with E-state index in [0.29, 0.717) is 24.7 Å².